The average Bonchev–Trinajstić information content (AvgIpc) is 1.82. The molecule has 1 N–H and O–H groups in total. The molecule has 0 radical (unpaired) electrons. The molecular formula is C8H16O. The van der Waals surface area contributed by atoms with E-state index in [-0.39, 0.29) is 6.10 Å². The van der Waals surface area contributed by atoms with Gasteiger partial charge in [-0.2, -0.15) is 0 Å². The standard InChI is InChI=1S/C8H16O/c1-4-5-6-7(2)8(3)9/h4,7-9H,1,5-6H2,2-3H3/t7-,8+/m0/s1. The van der Waals surface area contributed by atoms with Crippen molar-refractivity contribution in [2.24, 2.45) is 5.92 Å². The van der Waals surface area contributed by atoms with Gasteiger partial charge in [0.15, 0.2) is 0 Å². The molecule has 0 aromatic carbocycles. The Kier molecular flexibility index (Phi) is 4.41. The third-order valence-corrected chi connectivity index (χ3v) is 1.65. The van der Waals surface area contributed by atoms with Crippen molar-refractivity contribution in [2.75, 3.05) is 0 Å². The van der Waals surface area contributed by atoms with E-state index in [4.69, 9.17) is 5.11 Å². The summed E-state index contributed by atoms with van der Waals surface area (Å²) in [7, 11) is 0. The molecule has 0 unspecified atom stereocenters. The Morgan fingerprint density at radius 1 is 1.56 bits per heavy atom. The molecule has 9 heavy (non-hydrogen) atoms. The zero-order chi connectivity index (χ0) is 7.28. The van der Waals surface area contributed by atoms with Crippen LogP contribution in [0.25, 0.3) is 0 Å². The van der Waals surface area contributed by atoms with Crippen LogP contribution in [0.3, 0.4) is 0 Å². The van der Waals surface area contributed by atoms with Crippen molar-refractivity contribution < 1.29 is 5.11 Å². The van der Waals surface area contributed by atoms with E-state index in [1.54, 1.807) is 0 Å². The van der Waals surface area contributed by atoms with Crippen molar-refractivity contribution in [3.63, 3.8) is 0 Å². The van der Waals surface area contributed by atoms with E-state index in [0.29, 0.717) is 5.92 Å². The molecule has 0 aromatic heterocycles. The first-order valence-corrected chi connectivity index (χ1v) is 3.47. The van der Waals surface area contributed by atoms with Gasteiger partial charge in [-0.3, -0.25) is 0 Å². The summed E-state index contributed by atoms with van der Waals surface area (Å²) in [5.41, 5.74) is 0. The number of hydrogen-bond donors (Lipinski definition) is 1. The summed E-state index contributed by atoms with van der Waals surface area (Å²) < 4.78 is 0. The lowest BCUT2D eigenvalue weighted by molar-refractivity contribution is 0.131. The molecule has 2 atom stereocenters. The number of rotatable bonds is 4. The number of hydrogen-bond acceptors (Lipinski definition) is 1. The van der Waals surface area contributed by atoms with Gasteiger partial charge in [0.05, 0.1) is 6.10 Å². The quantitative estimate of drug-likeness (QED) is 0.574. The highest BCUT2D eigenvalue weighted by molar-refractivity contribution is 4.69. The fourth-order valence-corrected chi connectivity index (χ4v) is 0.622. The van der Waals surface area contributed by atoms with Gasteiger partial charge in [0.2, 0.25) is 0 Å². The van der Waals surface area contributed by atoms with Crippen LogP contribution in [0.1, 0.15) is 26.7 Å². The van der Waals surface area contributed by atoms with E-state index in [2.05, 4.69) is 6.58 Å². The van der Waals surface area contributed by atoms with Gasteiger partial charge in [0.25, 0.3) is 0 Å². The summed E-state index contributed by atoms with van der Waals surface area (Å²) in [5, 5.41) is 9.01. The van der Waals surface area contributed by atoms with Crippen molar-refractivity contribution in [3.05, 3.63) is 12.7 Å². The summed E-state index contributed by atoms with van der Waals surface area (Å²) in [6.45, 7) is 7.49. The molecule has 0 saturated heterocycles. The van der Waals surface area contributed by atoms with Crippen LogP contribution >= 0.6 is 0 Å². The molecule has 0 saturated carbocycles. The topological polar surface area (TPSA) is 20.2 Å². The Labute approximate surface area is 57.4 Å². The first-order chi connectivity index (χ1) is 4.18. The molecule has 0 heterocycles. The van der Waals surface area contributed by atoms with Crippen molar-refractivity contribution in [3.8, 4) is 0 Å². The highest BCUT2D eigenvalue weighted by atomic mass is 16.3. The average molecular weight is 128 g/mol. The van der Waals surface area contributed by atoms with Crippen LogP contribution in [0.15, 0.2) is 12.7 Å². The summed E-state index contributed by atoms with van der Waals surface area (Å²) in [6, 6.07) is 0. The lowest BCUT2D eigenvalue weighted by atomic mass is 10.0. The highest BCUT2D eigenvalue weighted by Gasteiger charge is 2.05. The molecule has 0 amide bonds. The van der Waals surface area contributed by atoms with Crippen LogP contribution in [0.5, 0.6) is 0 Å². The van der Waals surface area contributed by atoms with Gasteiger partial charge in [0, 0.05) is 0 Å². The second-order valence-electron chi connectivity index (χ2n) is 2.58. The second kappa shape index (κ2) is 4.57. The maximum absolute atomic E-state index is 9.01. The van der Waals surface area contributed by atoms with E-state index >= 15 is 0 Å². The largest absolute Gasteiger partial charge is 0.393 e. The van der Waals surface area contributed by atoms with Gasteiger partial charge in [-0.15, -0.1) is 6.58 Å². The lowest BCUT2D eigenvalue weighted by Crippen LogP contribution is -2.12. The monoisotopic (exact) mass is 128 g/mol. The smallest absolute Gasteiger partial charge is 0.0537 e. The highest BCUT2D eigenvalue weighted by Crippen LogP contribution is 2.09. The summed E-state index contributed by atoms with van der Waals surface area (Å²) in [5.74, 6) is 0.406. The van der Waals surface area contributed by atoms with Gasteiger partial charge in [0.1, 0.15) is 0 Å². The maximum atomic E-state index is 9.01. The fourth-order valence-electron chi connectivity index (χ4n) is 0.622. The first-order valence-electron chi connectivity index (χ1n) is 3.47. The third-order valence-electron chi connectivity index (χ3n) is 1.65. The van der Waals surface area contributed by atoms with E-state index < -0.39 is 0 Å². The summed E-state index contributed by atoms with van der Waals surface area (Å²) in [4.78, 5) is 0. The SMILES string of the molecule is C=CCC[C@H](C)[C@@H](C)O. The molecular weight excluding hydrogens is 112 g/mol. The number of aliphatic hydroxyl groups excluding tert-OH is 1. The van der Waals surface area contributed by atoms with Crippen LogP contribution in [0, 0.1) is 5.92 Å². The molecule has 0 bridgehead atoms. The molecule has 0 aromatic rings. The Bertz CT molecular complexity index is 76.6. The normalized spacial score (nSPS) is 16.8. The van der Waals surface area contributed by atoms with Gasteiger partial charge in [-0.25, -0.2) is 0 Å². The van der Waals surface area contributed by atoms with Crippen LogP contribution in [-0.2, 0) is 0 Å². The second-order valence-corrected chi connectivity index (χ2v) is 2.58. The summed E-state index contributed by atoms with van der Waals surface area (Å²) in [6.07, 6.45) is 3.76. The Morgan fingerprint density at radius 2 is 2.11 bits per heavy atom. The fraction of sp³-hybridized carbons (Fsp3) is 0.750. The van der Waals surface area contributed by atoms with Crippen molar-refractivity contribution >= 4 is 0 Å². The Balaban J connectivity index is 3.26. The zero-order valence-electron chi connectivity index (χ0n) is 6.30. The molecule has 0 spiro atoms. The van der Waals surface area contributed by atoms with Gasteiger partial charge < -0.3 is 5.11 Å². The van der Waals surface area contributed by atoms with Gasteiger partial charge in [-0.05, 0) is 25.7 Å². The molecule has 0 aliphatic rings. The number of allylic oxidation sites excluding steroid dienone is 1. The van der Waals surface area contributed by atoms with Crippen LogP contribution in [0.4, 0.5) is 0 Å². The minimum Gasteiger partial charge on any atom is -0.393 e. The molecule has 0 rings (SSSR count). The van der Waals surface area contributed by atoms with Crippen LogP contribution in [0.2, 0.25) is 0 Å². The van der Waals surface area contributed by atoms with E-state index in [9.17, 15) is 0 Å². The van der Waals surface area contributed by atoms with Crippen molar-refractivity contribution in [2.45, 2.75) is 32.8 Å². The Morgan fingerprint density at radius 3 is 2.44 bits per heavy atom. The Hall–Kier alpha value is -0.300. The molecule has 0 aliphatic carbocycles. The van der Waals surface area contributed by atoms with Gasteiger partial charge >= 0.3 is 0 Å². The van der Waals surface area contributed by atoms with Crippen LogP contribution < -0.4 is 0 Å². The molecule has 0 fully saturated rings. The minimum atomic E-state index is -0.176. The predicted octanol–water partition coefficient (Wildman–Crippen LogP) is 1.97. The maximum Gasteiger partial charge on any atom is 0.0537 e. The molecule has 1 nitrogen and oxygen atoms in total. The zero-order valence-corrected chi connectivity index (χ0v) is 6.30. The van der Waals surface area contributed by atoms with Crippen LogP contribution in [-0.4, -0.2) is 11.2 Å². The van der Waals surface area contributed by atoms with E-state index in [0.717, 1.165) is 12.8 Å². The van der Waals surface area contributed by atoms with Crippen molar-refractivity contribution in [1.82, 2.24) is 0 Å². The molecule has 0 aliphatic heterocycles. The minimum absolute atomic E-state index is 0.176. The van der Waals surface area contributed by atoms with E-state index in [1.807, 2.05) is 19.9 Å². The van der Waals surface area contributed by atoms with Crippen molar-refractivity contribution in [1.29, 1.82) is 0 Å². The number of aliphatic hydroxyl groups is 1. The first kappa shape index (κ1) is 8.70. The van der Waals surface area contributed by atoms with E-state index in [1.165, 1.54) is 0 Å². The third kappa shape index (κ3) is 4.22. The summed E-state index contributed by atoms with van der Waals surface area (Å²) >= 11 is 0. The lowest BCUT2D eigenvalue weighted by Gasteiger charge is -2.11. The molecule has 1 heteroatoms. The predicted molar refractivity (Wildman–Crippen MR) is 40.3 cm³/mol. The van der Waals surface area contributed by atoms with Gasteiger partial charge in [-0.1, -0.05) is 13.0 Å². The molecule has 54 valence electrons.